The molecule has 1 rings (SSSR count). The highest BCUT2D eigenvalue weighted by Crippen LogP contribution is 2.27. The molecule has 26 heavy (non-hydrogen) atoms. The number of aliphatic hydroxyl groups is 1. The number of aliphatic imine (C=N–C) groups is 1. The molecule has 0 saturated heterocycles. The van der Waals surface area contributed by atoms with Crippen LogP contribution in [0.5, 0.6) is 0 Å². The summed E-state index contributed by atoms with van der Waals surface area (Å²) in [7, 11) is 0. The average molecular weight is 367 g/mol. The lowest BCUT2D eigenvalue weighted by Gasteiger charge is -2.22. The summed E-state index contributed by atoms with van der Waals surface area (Å²) >= 11 is 0. The SMILES string of the molecule is CCNC(=NCC(C)(O)c1cc(C)oc1C)NCCCCN(CC)CC. The molecule has 0 fully saturated rings. The van der Waals surface area contributed by atoms with Crippen molar-refractivity contribution in [1.29, 1.82) is 0 Å². The number of rotatable bonds is 11. The van der Waals surface area contributed by atoms with E-state index in [1.165, 1.54) is 6.42 Å². The Bertz CT molecular complexity index is 548. The molecule has 0 spiro atoms. The average Bonchev–Trinajstić information content (AvgIpc) is 2.95. The molecule has 0 aliphatic heterocycles. The van der Waals surface area contributed by atoms with Gasteiger partial charge in [0.1, 0.15) is 17.1 Å². The van der Waals surface area contributed by atoms with Crippen LogP contribution in [0.15, 0.2) is 15.5 Å². The number of guanidine groups is 1. The fraction of sp³-hybridized carbons (Fsp3) is 0.750. The molecule has 0 aromatic carbocycles. The second kappa shape index (κ2) is 11.2. The van der Waals surface area contributed by atoms with Crippen molar-refractivity contribution < 1.29 is 9.52 Å². The van der Waals surface area contributed by atoms with Gasteiger partial charge < -0.3 is 25.1 Å². The Balaban J connectivity index is 2.53. The van der Waals surface area contributed by atoms with E-state index < -0.39 is 5.60 Å². The molecule has 1 heterocycles. The maximum Gasteiger partial charge on any atom is 0.191 e. The van der Waals surface area contributed by atoms with Gasteiger partial charge in [0, 0.05) is 18.7 Å². The van der Waals surface area contributed by atoms with E-state index in [-0.39, 0.29) is 6.54 Å². The summed E-state index contributed by atoms with van der Waals surface area (Å²) in [6, 6.07) is 1.89. The predicted molar refractivity (Wildman–Crippen MR) is 109 cm³/mol. The van der Waals surface area contributed by atoms with Crippen LogP contribution in [0.1, 0.15) is 57.6 Å². The molecule has 1 unspecified atom stereocenters. The number of unbranched alkanes of at least 4 members (excludes halogenated alkanes) is 1. The van der Waals surface area contributed by atoms with E-state index in [0.717, 1.165) is 62.2 Å². The minimum absolute atomic E-state index is 0.279. The lowest BCUT2D eigenvalue weighted by atomic mass is 9.96. The second-order valence-electron chi connectivity index (χ2n) is 6.96. The van der Waals surface area contributed by atoms with Gasteiger partial charge in [0.25, 0.3) is 0 Å². The van der Waals surface area contributed by atoms with Crippen molar-refractivity contribution in [2.75, 3.05) is 39.3 Å². The highest BCUT2D eigenvalue weighted by atomic mass is 16.3. The second-order valence-corrected chi connectivity index (χ2v) is 6.96. The van der Waals surface area contributed by atoms with Crippen LogP contribution >= 0.6 is 0 Å². The first-order chi connectivity index (χ1) is 12.3. The summed E-state index contributed by atoms with van der Waals surface area (Å²) in [5.74, 6) is 2.30. The predicted octanol–water partition coefficient (Wildman–Crippen LogP) is 2.78. The molecule has 0 radical (unpaired) electrons. The third kappa shape index (κ3) is 7.38. The number of aryl methyl sites for hydroxylation is 2. The molecular formula is C20H38N4O2. The highest BCUT2D eigenvalue weighted by molar-refractivity contribution is 5.79. The summed E-state index contributed by atoms with van der Waals surface area (Å²) < 4.78 is 5.54. The van der Waals surface area contributed by atoms with Crippen molar-refractivity contribution in [1.82, 2.24) is 15.5 Å². The van der Waals surface area contributed by atoms with Gasteiger partial charge in [0.2, 0.25) is 0 Å². The highest BCUT2D eigenvalue weighted by Gasteiger charge is 2.27. The van der Waals surface area contributed by atoms with Gasteiger partial charge in [-0.05, 0) is 66.2 Å². The first-order valence-electron chi connectivity index (χ1n) is 9.88. The Kier molecular flexibility index (Phi) is 9.73. The third-order valence-electron chi connectivity index (χ3n) is 4.60. The molecule has 0 aliphatic carbocycles. The first-order valence-corrected chi connectivity index (χ1v) is 9.88. The van der Waals surface area contributed by atoms with E-state index in [4.69, 9.17) is 4.42 Å². The van der Waals surface area contributed by atoms with E-state index >= 15 is 0 Å². The van der Waals surface area contributed by atoms with Crippen LogP contribution in [0.25, 0.3) is 0 Å². The fourth-order valence-corrected chi connectivity index (χ4v) is 3.03. The van der Waals surface area contributed by atoms with E-state index in [2.05, 4.69) is 34.4 Å². The van der Waals surface area contributed by atoms with E-state index in [0.29, 0.717) is 0 Å². The van der Waals surface area contributed by atoms with Crippen molar-refractivity contribution in [2.45, 2.75) is 60.0 Å². The third-order valence-corrected chi connectivity index (χ3v) is 4.60. The van der Waals surface area contributed by atoms with Crippen LogP contribution in [0.2, 0.25) is 0 Å². The monoisotopic (exact) mass is 366 g/mol. The zero-order chi connectivity index (χ0) is 19.6. The van der Waals surface area contributed by atoms with Gasteiger partial charge in [-0.25, -0.2) is 4.99 Å². The van der Waals surface area contributed by atoms with Crippen molar-refractivity contribution in [3.05, 3.63) is 23.2 Å². The number of furan rings is 1. The molecule has 0 saturated carbocycles. The number of nitrogens with one attached hydrogen (secondary N) is 2. The molecule has 6 nitrogen and oxygen atoms in total. The van der Waals surface area contributed by atoms with Crippen LogP contribution in [0, 0.1) is 13.8 Å². The Morgan fingerprint density at radius 3 is 2.42 bits per heavy atom. The molecule has 1 aromatic rings. The molecule has 3 N–H and O–H groups in total. The van der Waals surface area contributed by atoms with Crippen LogP contribution in [-0.2, 0) is 5.60 Å². The topological polar surface area (TPSA) is 73.0 Å². The number of hydrogen-bond acceptors (Lipinski definition) is 4. The summed E-state index contributed by atoms with van der Waals surface area (Å²) in [5.41, 5.74) is -0.249. The zero-order valence-corrected chi connectivity index (χ0v) is 17.5. The van der Waals surface area contributed by atoms with E-state index in [1.54, 1.807) is 6.92 Å². The van der Waals surface area contributed by atoms with Crippen LogP contribution in [0.4, 0.5) is 0 Å². The van der Waals surface area contributed by atoms with Crippen LogP contribution < -0.4 is 10.6 Å². The van der Waals surface area contributed by atoms with E-state index in [9.17, 15) is 5.11 Å². The maximum atomic E-state index is 10.8. The molecule has 0 aliphatic rings. The quantitative estimate of drug-likeness (QED) is 0.319. The van der Waals surface area contributed by atoms with Crippen LogP contribution in [0.3, 0.4) is 0 Å². The molecule has 6 heteroatoms. The maximum absolute atomic E-state index is 10.8. The van der Waals surface area contributed by atoms with Gasteiger partial charge >= 0.3 is 0 Å². The molecule has 0 amide bonds. The van der Waals surface area contributed by atoms with Gasteiger partial charge in [0.05, 0.1) is 6.54 Å². The Morgan fingerprint density at radius 2 is 1.88 bits per heavy atom. The normalized spacial score (nSPS) is 14.5. The Hall–Kier alpha value is -1.53. The van der Waals surface area contributed by atoms with Gasteiger partial charge in [0.15, 0.2) is 5.96 Å². The van der Waals surface area contributed by atoms with Crippen molar-refractivity contribution in [2.24, 2.45) is 4.99 Å². The van der Waals surface area contributed by atoms with Crippen molar-refractivity contribution in [3.8, 4) is 0 Å². The molecular weight excluding hydrogens is 328 g/mol. The molecule has 0 bridgehead atoms. The van der Waals surface area contributed by atoms with Crippen molar-refractivity contribution >= 4 is 5.96 Å². The molecule has 1 aromatic heterocycles. The largest absolute Gasteiger partial charge is 0.466 e. The summed E-state index contributed by atoms with van der Waals surface area (Å²) in [6.07, 6.45) is 2.26. The van der Waals surface area contributed by atoms with Gasteiger partial charge in [-0.2, -0.15) is 0 Å². The zero-order valence-electron chi connectivity index (χ0n) is 17.5. The Morgan fingerprint density at radius 1 is 1.19 bits per heavy atom. The van der Waals surface area contributed by atoms with Gasteiger partial charge in [-0.3, -0.25) is 0 Å². The van der Waals surface area contributed by atoms with Crippen LogP contribution in [-0.4, -0.2) is 55.2 Å². The minimum Gasteiger partial charge on any atom is -0.466 e. The standard InChI is InChI=1S/C20H38N4O2/c1-7-21-19(22-12-10-11-13-24(8-2)9-3)23-15-20(6,25)18-14-16(4)26-17(18)5/h14,25H,7-13,15H2,1-6H3,(H2,21,22,23). The lowest BCUT2D eigenvalue weighted by Crippen LogP contribution is -2.39. The van der Waals surface area contributed by atoms with Gasteiger partial charge in [-0.15, -0.1) is 0 Å². The first kappa shape index (κ1) is 22.5. The van der Waals surface area contributed by atoms with E-state index in [1.807, 2.05) is 26.8 Å². The molecule has 1 atom stereocenters. The molecule has 150 valence electrons. The van der Waals surface area contributed by atoms with Gasteiger partial charge in [-0.1, -0.05) is 13.8 Å². The minimum atomic E-state index is -1.05. The lowest BCUT2D eigenvalue weighted by molar-refractivity contribution is 0.0657. The summed E-state index contributed by atoms with van der Waals surface area (Å²) in [6.45, 7) is 17.3. The van der Waals surface area contributed by atoms with Crippen molar-refractivity contribution in [3.63, 3.8) is 0 Å². The number of nitrogens with zero attached hydrogens (tertiary/aromatic N) is 2. The Labute approximate surface area is 159 Å². The smallest absolute Gasteiger partial charge is 0.191 e. The number of hydrogen-bond donors (Lipinski definition) is 3. The summed E-state index contributed by atoms with van der Waals surface area (Å²) in [4.78, 5) is 7.01. The summed E-state index contributed by atoms with van der Waals surface area (Å²) in [5, 5.41) is 17.4. The fourth-order valence-electron chi connectivity index (χ4n) is 3.03.